The summed E-state index contributed by atoms with van der Waals surface area (Å²) >= 11 is 0. The number of allylic oxidation sites excluding steroid dienone is 1. The van der Waals surface area contributed by atoms with Crippen LogP contribution in [0.5, 0.6) is 0 Å². The fraction of sp³-hybridized carbons (Fsp3) is 0.280. The molecule has 0 heterocycles. The summed E-state index contributed by atoms with van der Waals surface area (Å²) in [5.41, 5.74) is 6.04. The van der Waals surface area contributed by atoms with Crippen LogP contribution in [0.25, 0.3) is 16.8 Å². The van der Waals surface area contributed by atoms with Gasteiger partial charge in [0.25, 0.3) is 0 Å². The Morgan fingerprint density at radius 2 is 1.54 bits per heavy atom. The second-order valence-corrected chi connectivity index (χ2v) is 8.51. The second kappa shape index (κ2) is 6.10. The first kappa shape index (κ1) is 17.1. The van der Waals surface area contributed by atoms with Crippen LogP contribution in [0.3, 0.4) is 0 Å². The van der Waals surface area contributed by atoms with Gasteiger partial charge >= 0.3 is 0 Å². The molecule has 4 rings (SSSR count). The standard InChI is InChI=1S/C25H26O/c1-16-15-18-10-6-8-12-20(18)22(16)21-14-13-17-9-5-7-11-19(17)23(21)24(26)25(2,3)4/h5-15,22,24,26H,1-4H3. The molecule has 0 spiro atoms. The molecule has 0 saturated carbocycles. The van der Waals surface area contributed by atoms with Crippen molar-refractivity contribution >= 4 is 16.8 Å². The van der Waals surface area contributed by atoms with Gasteiger partial charge in [-0.05, 0) is 45.4 Å². The zero-order chi connectivity index (χ0) is 18.5. The van der Waals surface area contributed by atoms with E-state index < -0.39 is 6.10 Å². The Kier molecular flexibility index (Phi) is 4.00. The number of fused-ring (bicyclic) bond motifs is 2. The lowest BCUT2D eigenvalue weighted by Gasteiger charge is -2.31. The lowest BCUT2D eigenvalue weighted by molar-refractivity contribution is 0.0631. The molecule has 0 aromatic heterocycles. The van der Waals surface area contributed by atoms with Crippen molar-refractivity contribution in [3.05, 3.63) is 88.5 Å². The molecule has 0 amide bonds. The van der Waals surface area contributed by atoms with E-state index in [4.69, 9.17) is 0 Å². The highest BCUT2D eigenvalue weighted by atomic mass is 16.3. The van der Waals surface area contributed by atoms with Crippen LogP contribution in [-0.4, -0.2) is 5.11 Å². The van der Waals surface area contributed by atoms with Gasteiger partial charge in [-0.15, -0.1) is 0 Å². The first-order valence-electron chi connectivity index (χ1n) is 9.34. The summed E-state index contributed by atoms with van der Waals surface area (Å²) in [7, 11) is 0. The van der Waals surface area contributed by atoms with Crippen molar-refractivity contribution in [1.82, 2.24) is 0 Å². The Balaban J connectivity index is 2.01. The van der Waals surface area contributed by atoms with E-state index in [1.54, 1.807) is 0 Å². The molecule has 3 aromatic carbocycles. The minimum Gasteiger partial charge on any atom is -0.388 e. The maximum Gasteiger partial charge on any atom is 0.0847 e. The fourth-order valence-electron chi connectivity index (χ4n) is 4.19. The van der Waals surface area contributed by atoms with Crippen LogP contribution in [0.15, 0.2) is 66.2 Å². The third-order valence-electron chi connectivity index (χ3n) is 5.55. The van der Waals surface area contributed by atoms with E-state index >= 15 is 0 Å². The van der Waals surface area contributed by atoms with Gasteiger partial charge < -0.3 is 5.11 Å². The molecule has 3 aromatic rings. The summed E-state index contributed by atoms with van der Waals surface area (Å²) in [6, 6.07) is 21.4. The van der Waals surface area contributed by atoms with E-state index in [1.165, 1.54) is 27.6 Å². The first-order chi connectivity index (χ1) is 12.4. The molecule has 1 nitrogen and oxygen atoms in total. The van der Waals surface area contributed by atoms with Gasteiger partial charge in [-0.25, -0.2) is 0 Å². The molecule has 2 unspecified atom stereocenters. The summed E-state index contributed by atoms with van der Waals surface area (Å²) in [6.07, 6.45) is 1.76. The highest BCUT2D eigenvalue weighted by molar-refractivity contribution is 5.88. The number of aliphatic hydroxyl groups is 1. The largest absolute Gasteiger partial charge is 0.388 e. The Morgan fingerprint density at radius 1 is 0.846 bits per heavy atom. The second-order valence-electron chi connectivity index (χ2n) is 8.51. The molecule has 0 bridgehead atoms. The summed E-state index contributed by atoms with van der Waals surface area (Å²) in [4.78, 5) is 0. The molecule has 1 heteroatoms. The maximum atomic E-state index is 11.3. The van der Waals surface area contributed by atoms with Crippen molar-refractivity contribution in [1.29, 1.82) is 0 Å². The van der Waals surface area contributed by atoms with Gasteiger partial charge in [0.15, 0.2) is 0 Å². The minimum atomic E-state index is -0.524. The summed E-state index contributed by atoms with van der Waals surface area (Å²) < 4.78 is 0. The first-order valence-corrected chi connectivity index (χ1v) is 9.34. The van der Waals surface area contributed by atoms with E-state index in [0.717, 1.165) is 10.9 Å². The van der Waals surface area contributed by atoms with Crippen LogP contribution in [0.1, 0.15) is 62.0 Å². The predicted molar refractivity (Wildman–Crippen MR) is 110 cm³/mol. The number of hydrogen-bond donors (Lipinski definition) is 1. The van der Waals surface area contributed by atoms with Gasteiger partial charge in [0.2, 0.25) is 0 Å². The van der Waals surface area contributed by atoms with Gasteiger partial charge in [0.05, 0.1) is 6.10 Å². The molecular formula is C25H26O. The molecule has 0 fully saturated rings. The Hall–Kier alpha value is -2.38. The molecular weight excluding hydrogens is 316 g/mol. The smallest absolute Gasteiger partial charge is 0.0847 e. The average molecular weight is 342 g/mol. The quantitative estimate of drug-likeness (QED) is 0.566. The fourth-order valence-corrected chi connectivity index (χ4v) is 4.19. The maximum absolute atomic E-state index is 11.3. The van der Waals surface area contributed by atoms with Gasteiger partial charge in [0.1, 0.15) is 0 Å². The number of hydrogen-bond acceptors (Lipinski definition) is 1. The molecule has 1 N–H and O–H groups in total. The van der Waals surface area contributed by atoms with E-state index in [9.17, 15) is 5.11 Å². The summed E-state index contributed by atoms with van der Waals surface area (Å²) in [5, 5.41) is 13.7. The van der Waals surface area contributed by atoms with E-state index in [0.29, 0.717) is 0 Å². The monoisotopic (exact) mass is 342 g/mol. The molecule has 0 saturated heterocycles. The number of benzene rings is 3. The van der Waals surface area contributed by atoms with Crippen molar-refractivity contribution in [3.8, 4) is 0 Å². The SMILES string of the molecule is CC1=Cc2ccccc2C1c1ccc2ccccc2c1C(O)C(C)(C)C. The van der Waals surface area contributed by atoms with Crippen LogP contribution in [0.2, 0.25) is 0 Å². The highest BCUT2D eigenvalue weighted by Crippen LogP contribution is 2.47. The topological polar surface area (TPSA) is 20.2 Å². The third kappa shape index (κ3) is 2.68. The van der Waals surface area contributed by atoms with Gasteiger partial charge in [-0.3, -0.25) is 0 Å². The minimum absolute atomic E-state index is 0.211. The Morgan fingerprint density at radius 3 is 2.31 bits per heavy atom. The van der Waals surface area contributed by atoms with E-state index in [-0.39, 0.29) is 11.3 Å². The Bertz CT molecular complexity index is 1000. The van der Waals surface area contributed by atoms with Gasteiger partial charge in [-0.1, -0.05) is 93.1 Å². The van der Waals surface area contributed by atoms with E-state index in [1.807, 2.05) is 0 Å². The third-order valence-corrected chi connectivity index (χ3v) is 5.55. The molecule has 1 aliphatic rings. The van der Waals surface area contributed by atoms with Gasteiger partial charge in [0, 0.05) is 5.92 Å². The summed E-state index contributed by atoms with van der Waals surface area (Å²) in [5.74, 6) is 0.211. The lowest BCUT2D eigenvalue weighted by Crippen LogP contribution is -2.20. The van der Waals surface area contributed by atoms with Crippen LogP contribution < -0.4 is 0 Å². The predicted octanol–water partition coefficient (Wildman–Crippen LogP) is 6.47. The van der Waals surface area contributed by atoms with Crippen LogP contribution in [0.4, 0.5) is 0 Å². The van der Waals surface area contributed by atoms with Crippen molar-refractivity contribution in [3.63, 3.8) is 0 Å². The van der Waals surface area contributed by atoms with Crippen LogP contribution in [0, 0.1) is 5.41 Å². The Labute approximate surface area is 156 Å². The molecule has 132 valence electrons. The van der Waals surface area contributed by atoms with Crippen LogP contribution >= 0.6 is 0 Å². The van der Waals surface area contributed by atoms with Crippen molar-refractivity contribution < 1.29 is 5.11 Å². The molecule has 0 radical (unpaired) electrons. The molecule has 26 heavy (non-hydrogen) atoms. The summed E-state index contributed by atoms with van der Waals surface area (Å²) in [6.45, 7) is 8.52. The van der Waals surface area contributed by atoms with Gasteiger partial charge in [-0.2, -0.15) is 0 Å². The molecule has 2 atom stereocenters. The zero-order valence-corrected chi connectivity index (χ0v) is 16.0. The average Bonchev–Trinajstić information content (AvgIpc) is 2.95. The van der Waals surface area contributed by atoms with Crippen molar-refractivity contribution in [2.45, 2.75) is 39.7 Å². The molecule has 1 aliphatic carbocycles. The molecule has 0 aliphatic heterocycles. The highest BCUT2D eigenvalue weighted by Gasteiger charge is 2.32. The van der Waals surface area contributed by atoms with Crippen molar-refractivity contribution in [2.75, 3.05) is 0 Å². The number of aliphatic hydroxyl groups excluding tert-OH is 1. The lowest BCUT2D eigenvalue weighted by atomic mass is 9.76. The zero-order valence-electron chi connectivity index (χ0n) is 16.0. The van der Waals surface area contributed by atoms with E-state index in [2.05, 4.69) is 94.4 Å². The number of rotatable bonds is 2. The normalized spacial score (nSPS) is 17.9. The van der Waals surface area contributed by atoms with Crippen molar-refractivity contribution in [2.24, 2.45) is 5.41 Å². The van der Waals surface area contributed by atoms with Crippen LogP contribution in [-0.2, 0) is 0 Å².